The molecule has 4 heteroatoms. The zero-order chi connectivity index (χ0) is 41.0. The summed E-state index contributed by atoms with van der Waals surface area (Å²) in [4.78, 5) is 10.6. The normalized spacial score (nSPS) is 11.5. The second kappa shape index (κ2) is 14.7. The first-order valence-corrected chi connectivity index (χ1v) is 20.9. The highest BCUT2D eigenvalue weighted by Crippen LogP contribution is 2.39. The first-order valence-electron chi connectivity index (χ1n) is 20.9. The van der Waals surface area contributed by atoms with Crippen LogP contribution in [-0.4, -0.2) is 9.97 Å². The molecule has 0 aliphatic carbocycles. The molecular weight excluding hydrogens is 757 g/mol. The molecule has 3 aromatic heterocycles. The van der Waals surface area contributed by atoms with Gasteiger partial charge in [-0.2, -0.15) is 0 Å². The summed E-state index contributed by atoms with van der Waals surface area (Å²) in [6, 6.07) is 76.4. The molecule has 0 unspecified atom stereocenters. The summed E-state index contributed by atoms with van der Waals surface area (Å²) < 4.78 is 12.5. The van der Waals surface area contributed by atoms with E-state index < -0.39 is 0 Å². The molecule has 0 aliphatic rings. The zero-order valence-corrected chi connectivity index (χ0v) is 33.5. The monoisotopic (exact) mass is 792 g/mol. The Balaban J connectivity index is 1.02. The van der Waals surface area contributed by atoms with Crippen molar-refractivity contribution in [3.8, 4) is 78.4 Å². The molecule has 12 rings (SSSR count). The van der Waals surface area contributed by atoms with Crippen LogP contribution in [0.3, 0.4) is 0 Å². The van der Waals surface area contributed by atoms with E-state index in [4.69, 9.17) is 18.8 Å². The van der Waals surface area contributed by atoms with Crippen molar-refractivity contribution >= 4 is 43.9 Å². The molecule has 0 atom stereocenters. The van der Waals surface area contributed by atoms with Gasteiger partial charge < -0.3 is 8.83 Å². The Bertz CT molecular complexity index is 3490. The topological polar surface area (TPSA) is 52.1 Å². The molecular formula is C58H36N2O2. The maximum Gasteiger partial charge on any atom is 0.160 e. The van der Waals surface area contributed by atoms with E-state index in [-0.39, 0.29) is 0 Å². The van der Waals surface area contributed by atoms with Gasteiger partial charge in [-0.3, -0.25) is 0 Å². The molecule has 0 spiro atoms. The largest absolute Gasteiger partial charge is 0.456 e. The van der Waals surface area contributed by atoms with Gasteiger partial charge in [-0.25, -0.2) is 9.97 Å². The van der Waals surface area contributed by atoms with Crippen molar-refractivity contribution in [2.75, 3.05) is 0 Å². The maximum absolute atomic E-state index is 6.24. The Morgan fingerprint density at radius 1 is 0.226 bits per heavy atom. The summed E-state index contributed by atoms with van der Waals surface area (Å²) in [5.41, 5.74) is 17.1. The van der Waals surface area contributed by atoms with Crippen LogP contribution in [0.1, 0.15) is 0 Å². The van der Waals surface area contributed by atoms with Crippen molar-refractivity contribution in [3.63, 3.8) is 0 Å². The minimum Gasteiger partial charge on any atom is -0.456 e. The highest BCUT2D eigenvalue weighted by atomic mass is 16.3. The summed E-state index contributed by atoms with van der Waals surface area (Å²) in [6.45, 7) is 0. The molecule has 62 heavy (non-hydrogen) atoms. The summed E-state index contributed by atoms with van der Waals surface area (Å²) in [7, 11) is 0. The fraction of sp³-hybridized carbons (Fsp3) is 0. The second-order valence-corrected chi connectivity index (χ2v) is 15.8. The first-order chi connectivity index (χ1) is 30.7. The van der Waals surface area contributed by atoms with E-state index in [0.717, 1.165) is 99.8 Å². The fourth-order valence-electron chi connectivity index (χ4n) is 8.72. The van der Waals surface area contributed by atoms with Gasteiger partial charge in [0.2, 0.25) is 0 Å². The Kier molecular flexibility index (Phi) is 8.46. The van der Waals surface area contributed by atoms with Crippen molar-refractivity contribution in [1.82, 2.24) is 9.97 Å². The molecule has 0 radical (unpaired) electrons. The van der Waals surface area contributed by atoms with Crippen molar-refractivity contribution in [3.05, 3.63) is 218 Å². The number of hydrogen-bond donors (Lipinski definition) is 0. The Hall–Kier alpha value is -8.34. The van der Waals surface area contributed by atoms with E-state index in [0.29, 0.717) is 5.82 Å². The smallest absolute Gasteiger partial charge is 0.160 e. The molecule has 0 N–H and O–H groups in total. The van der Waals surface area contributed by atoms with Gasteiger partial charge in [0, 0.05) is 38.2 Å². The minimum absolute atomic E-state index is 0.647. The number of para-hydroxylation sites is 2. The van der Waals surface area contributed by atoms with E-state index in [1.807, 2.05) is 30.3 Å². The molecule has 0 bridgehead atoms. The highest BCUT2D eigenvalue weighted by molar-refractivity contribution is 6.07. The Morgan fingerprint density at radius 2 is 0.597 bits per heavy atom. The van der Waals surface area contributed by atoms with E-state index in [9.17, 15) is 0 Å². The second-order valence-electron chi connectivity index (χ2n) is 15.8. The van der Waals surface area contributed by atoms with Gasteiger partial charge in [0.05, 0.1) is 11.4 Å². The van der Waals surface area contributed by atoms with Crippen LogP contribution in [-0.2, 0) is 0 Å². The van der Waals surface area contributed by atoms with Crippen LogP contribution in [0.4, 0.5) is 0 Å². The minimum atomic E-state index is 0.647. The van der Waals surface area contributed by atoms with Crippen molar-refractivity contribution in [2.24, 2.45) is 0 Å². The third-order valence-corrected chi connectivity index (χ3v) is 11.9. The first kappa shape index (κ1) is 35.6. The average Bonchev–Trinajstić information content (AvgIpc) is 3.92. The fourth-order valence-corrected chi connectivity index (χ4v) is 8.72. The molecule has 0 aliphatic heterocycles. The summed E-state index contributed by atoms with van der Waals surface area (Å²) in [5, 5.41) is 4.35. The number of hydrogen-bond acceptors (Lipinski definition) is 4. The predicted molar refractivity (Wildman–Crippen MR) is 255 cm³/mol. The maximum atomic E-state index is 6.24. The molecule has 4 nitrogen and oxygen atoms in total. The molecule has 0 fully saturated rings. The quantitative estimate of drug-likeness (QED) is 0.161. The van der Waals surface area contributed by atoms with Crippen LogP contribution >= 0.6 is 0 Å². The van der Waals surface area contributed by atoms with Gasteiger partial charge in [-0.15, -0.1) is 0 Å². The lowest BCUT2D eigenvalue weighted by atomic mass is 9.94. The van der Waals surface area contributed by atoms with Gasteiger partial charge >= 0.3 is 0 Å². The van der Waals surface area contributed by atoms with Crippen molar-refractivity contribution < 1.29 is 8.83 Å². The number of rotatable bonds is 7. The van der Waals surface area contributed by atoms with Crippen LogP contribution in [0.25, 0.3) is 122 Å². The number of nitrogens with zero attached hydrogens (tertiary/aromatic N) is 2. The van der Waals surface area contributed by atoms with Gasteiger partial charge in [-0.1, -0.05) is 152 Å². The third-order valence-electron chi connectivity index (χ3n) is 11.9. The van der Waals surface area contributed by atoms with E-state index in [1.54, 1.807) is 0 Å². The Morgan fingerprint density at radius 3 is 1.16 bits per heavy atom. The molecule has 12 aromatic rings. The third kappa shape index (κ3) is 6.42. The predicted octanol–water partition coefficient (Wildman–Crippen LogP) is 15.9. The standard InChI is InChI=1S/C58H36N2O2/c1-3-12-37(13-4-1)41-16-11-17-42(30-41)38-22-24-40(25-23-38)53-36-52(39-14-5-2-6-15-39)59-58(60-53)47-32-45(43-26-28-56-50(34-43)48-18-7-9-20-54(48)61-56)31-46(33-47)44-27-29-57-51(35-44)49-19-8-10-21-55(49)62-57/h1-36H. The van der Waals surface area contributed by atoms with Gasteiger partial charge in [0.25, 0.3) is 0 Å². The average molecular weight is 793 g/mol. The number of fused-ring (bicyclic) bond motifs is 6. The number of furan rings is 2. The van der Waals surface area contributed by atoms with Crippen LogP contribution in [0.15, 0.2) is 227 Å². The van der Waals surface area contributed by atoms with E-state index in [2.05, 4.69) is 188 Å². The molecule has 0 amide bonds. The van der Waals surface area contributed by atoms with E-state index >= 15 is 0 Å². The molecule has 0 saturated carbocycles. The molecule has 9 aromatic carbocycles. The van der Waals surface area contributed by atoms with Gasteiger partial charge in [0.1, 0.15) is 22.3 Å². The lowest BCUT2D eigenvalue weighted by Crippen LogP contribution is -1.97. The molecule has 0 saturated heterocycles. The van der Waals surface area contributed by atoms with Crippen LogP contribution in [0.2, 0.25) is 0 Å². The van der Waals surface area contributed by atoms with Crippen LogP contribution < -0.4 is 0 Å². The van der Waals surface area contributed by atoms with Gasteiger partial charge in [-0.05, 0) is 111 Å². The number of aromatic nitrogens is 2. The summed E-state index contributed by atoms with van der Waals surface area (Å²) in [5.74, 6) is 0.647. The zero-order valence-electron chi connectivity index (χ0n) is 33.5. The van der Waals surface area contributed by atoms with Crippen molar-refractivity contribution in [1.29, 1.82) is 0 Å². The van der Waals surface area contributed by atoms with Crippen LogP contribution in [0, 0.1) is 0 Å². The van der Waals surface area contributed by atoms with Crippen molar-refractivity contribution in [2.45, 2.75) is 0 Å². The SMILES string of the molecule is c1ccc(-c2cccc(-c3ccc(-c4cc(-c5ccccc5)nc(-c5cc(-c6ccc7oc8ccccc8c7c6)cc(-c6ccc7oc8ccccc8c7c6)c5)n4)cc3)c2)cc1. The highest BCUT2D eigenvalue weighted by Gasteiger charge is 2.17. The number of benzene rings is 9. The lowest BCUT2D eigenvalue weighted by Gasteiger charge is -2.13. The lowest BCUT2D eigenvalue weighted by molar-refractivity contribution is 0.668. The van der Waals surface area contributed by atoms with Crippen LogP contribution in [0.5, 0.6) is 0 Å². The molecule has 290 valence electrons. The summed E-state index contributed by atoms with van der Waals surface area (Å²) >= 11 is 0. The summed E-state index contributed by atoms with van der Waals surface area (Å²) in [6.07, 6.45) is 0. The van der Waals surface area contributed by atoms with Gasteiger partial charge in [0.15, 0.2) is 5.82 Å². The Labute approximate surface area is 358 Å². The van der Waals surface area contributed by atoms with E-state index in [1.165, 1.54) is 16.7 Å². The molecule has 3 heterocycles.